The van der Waals surface area contributed by atoms with E-state index < -0.39 is 31.4 Å². The van der Waals surface area contributed by atoms with Crippen LogP contribution in [0.25, 0.3) is 65.7 Å². The number of nitrogens with zero attached hydrogens (tertiary/aromatic N) is 4. The van der Waals surface area contributed by atoms with Crippen molar-refractivity contribution in [2.45, 2.75) is 9.79 Å². The maximum atomic E-state index is 13.8. The van der Waals surface area contributed by atoms with E-state index in [1.807, 2.05) is 0 Å². The highest BCUT2D eigenvalue weighted by molar-refractivity contribution is 7.86. The van der Waals surface area contributed by atoms with Gasteiger partial charge in [-0.3, -0.25) is 27.5 Å². The summed E-state index contributed by atoms with van der Waals surface area (Å²) >= 11 is 0. The number of aromatic nitrogens is 4. The lowest BCUT2D eigenvalue weighted by atomic mass is 9.96. The minimum absolute atomic E-state index is 0.196. The summed E-state index contributed by atoms with van der Waals surface area (Å²) in [5, 5.41) is 2.53. The maximum absolute atomic E-state index is 13.8. The van der Waals surface area contributed by atoms with E-state index in [0.717, 1.165) is 0 Å². The van der Waals surface area contributed by atoms with Crippen molar-refractivity contribution >= 4 is 85.9 Å². The molecule has 0 saturated heterocycles. The van der Waals surface area contributed by atoms with E-state index in [9.17, 15) is 35.5 Å². The molecule has 0 spiro atoms. The quantitative estimate of drug-likeness (QED) is 0.231. The van der Waals surface area contributed by atoms with Crippen LogP contribution in [0.4, 0.5) is 0 Å². The highest BCUT2D eigenvalue weighted by Gasteiger charge is 2.23. The molecule has 0 bridgehead atoms. The molecule has 0 unspecified atom stereocenters. The first-order valence-corrected chi connectivity index (χ1v) is 14.5. The Morgan fingerprint density at radius 3 is 1.30 bits per heavy atom. The van der Waals surface area contributed by atoms with Gasteiger partial charge < -0.3 is 0 Å². The average Bonchev–Trinajstić information content (AvgIpc) is 3.48. The zero-order valence-corrected chi connectivity index (χ0v) is 21.4. The molecule has 8 aromatic rings. The van der Waals surface area contributed by atoms with Crippen molar-refractivity contribution in [3.05, 3.63) is 81.4 Å². The van der Waals surface area contributed by atoms with Crippen LogP contribution in [0.15, 0.2) is 80.0 Å². The van der Waals surface area contributed by atoms with Crippen molar-refractivity contribution < 1.29 is 25.9 Å². The molecule has 0 radical (unpaired) electrons. The molecule has 196 valence electrons. The van der Waals surface area contributed by atoms with Gasteiger partial charge in [0.2, 0.25) is 0 Å². The first-order chi connectivity index (χ1) is 18.9. The van der Waals surface area contributed by atoms with Crippen LogP contribution in [0, 0.1) is 0 Å². The van der Waals surface area contributed by atoms with E-state index in [2.05, 4.69) is 9.97 Å². The number of hydrogen-bond donors (Lipinski definition) is 2. The van der Waals surface area contributed by atoms with Gasteiger partial charge in [0.05, 0.1) is 31.9 Å². The Morgan fingerprint density at radius 2 is 0.925 bits per heavy atom. The van der Waals surface area contributed by atoms with Gasteiger partial charge >= 0.3 is 0 Å². The van der Waals surface area contributed by atoms with Gasteiger partial charge in [0, 0.05) is 32.3 Å². The van der Waals surface area contributed by atoms with Crippen LogP contribution in [0.1, 0.15) is 0 Å². The molecule has 8 rings (SSSR count). The fraction of sp³-hybridized carbons (Fsp3) is 0. The zero-order chi connectivity index (χ0) is 27.9. The van der Waals surface area contributed by atoms with Crippen LogP contribution < -0.4 is 11.1 Å². The minimum atomic E-state index is -4.53. The van der Waals surface area contributed by atoms with E-state index in [0.29, 0.717) is 32.6 Å². The third-order valence-electron chi connectivity index (χ3n) is 7.36. The van der Waals surface area contributed by atoms with Crippen LogP contribution in [-0.4, -0.2) is 44.7 Å². The third kappa shape index (κ3) is 2.79. The van der Waals surface area contributed by atoms with Crippen molar-refractivity contribution in [1.82, 2.24) is 18.8 Å². The molecule has 0 fully saturated rings. The molecule has 4 heterocycles. The summed E-state index contributed by atoms with van der Waals surface area (Å²) in [5.41, 5.74) is 0.557. The number of benzene rings is 4. The molecule has 14 heteroatoms. The van der Waals surface area contributed by atoms with Crippen molar-refractivity contribution in [2.75, 3.05) is 0 Å². The molecule has 2 N–H and O–H groups in total. The third-order valence-corrected chi connectivity index (χ3v) is 9.06. The van der Waals surface area contributed by atoms with Crippen LogP contribution in [0.5, 0.6) is 0 Å². The molecule has 0 amide bonds. The molecular formula is C26H12N4O8S2. The summed E-state index contributed by atoms with van der Waals surface area (Å²) in [7, 11) is -9.05. The lowest BCUT2D eigenvalue weighted by Crippen LogP contribution is -2.16. The van der Waals surface area contributed by atoms with Gasteiger partial charge in [0.15, 0.2) is 0 Å². The Kier molecular flexibility index (Phi) is 4.08. The summed E-state index contributed by atoms with van der Waals surface area (Å²) in [6.07, 6.45) is 0. The summed E-state index contributed by atoms with van der Waals surface area (Å²) in [4.78, 5) is 35.9. The largest absolute Gasteiger partial charge is 0.294 e. The summed E-state index contributed by atoms with van der Waals surface area (Å²) in [6, 6.07) is 14.0. The van der Waals surface area contributed by atoms with Crippen molar-refractivity contribution in [2.24, 2.45) is 0 Å². The van der Waals surface area contributed by atoms with Crippen LogP contribution >= 0.6 is 0 Å². The number of imidazole rings is 2. The second-order valence-electron chi connectivity index (χ2n) is 9.47. The Morgan fingerprint density at radius 1 is 0.550 bits per heavy atom. The molecule has 0 aliphatic rings. The summed E-state index contributed by atoms with van der Waals surface area (Å²) in [6.45, 7) is 0. The lowest BCUT2D eigenvalue weighted by Gasteiger charge is -2.12. The van der Waals surface area contributed by atoms with Crippen LogP contribution in [0.3, 0.4) is 0 Å². The predicted octanol–water partition coefficient (Wildman–Crippen LogP) is 2.84. The Bertz CT molecular complexity index is 2610. The summed E-state index contributed by atoms with van der Waals surface area (Å²) < 4.78 is 68.5. The molecule has 4 aromatic carbocycles. The minimum Gasteiger partial charge on any atom is -0.282 e. The highest BCUT2D eigenvalue weighted by Crippen LogP contribution is 2.37. The Hall–Kier alpha value is -4.76. The molecule has 0 saturated carbocycles. The average molecular weight is 573 g/mol. The number of pyridine rings is 2. The first-order valence-electron chi connectivity index (χ1n) is 11.6. The monoisotopic (exact) mass is 572 g/mol. The normalized spacial score (nSPS) is 13.3. The van der Waals surface area contributed by atoms with Crippen LogP contribution in [0.2, 0.25) is 0 Å². The second kappa shape index (κ2) is 7.05. The van der Waals surface area contributed by atoms with Gasteiger partial charge in [-0.1, -0.05) is 0 Å². The van der Waals surface area contributed by atoms with E-state index in [1.54, 1.807) is 24.3 Å². The number of hydrogen-bond acceptors (Lipinski definition) is 8. The fourth-order valence-electron chi connectivity index (χ4n) is 5.67. The topological polar surface area (TPSA) is 177 Å². The van der Waals surface area contributed by atoms with E-state index in [4.69, 9.17) is 0 Å². The Balaban J connectivity index is 1.58. The van der Waals surface area contributed by atoms with Crippen LogP contribution in [-0.2, 0) is 20.2 Å². The number of fused-ring (bicyclic) bond motifs is 8. The lowest BCUT2D eigenvalue weighted by molar-refractivity contribution is 0.481. The molecule has 0 aliphatic heterocycles. The van der Waals surface area contributed by atoms with E-state index in [-0.39, 0.29) is 42.9 Å². The smallest absolute Gasteiger partial charge is 0.282 e. The zero-order valence-electron chi connectivity index (χ0n) is 19.7. The second-order valence-corrected chi connectivity index (χ2v) is 12.3. The fourth-order valence-corrected chi connectivity index (χ4v) is 6.67. The molecule has 4 aromatic heterocycles. The van der Waals surface area contributed by atoms with Crippen molar-refractivity contribution in [3.63, 3.8) is 0 Å². The molecule has 0 atom stereocenters. The number of rotatable bonds is 2. The van der Waals surface area contributed by atoms with Gasteiger partial charge in [-0.25, -0.2) is 9.97 Å². The van der Waals surface area contributed by atoms with E-state index in [1.165, 1.54) is 45.2 Å². The van der Waals surface area contributed by atoms with Gasteiger partial charge in [0.25, 0.3) is 31.4 Å². The maximum Gasteiger partial charge on any atom is 0.294 e. The SMILES string of the molecule is O=c1c2ccc3c4c(ccc(c24)c2nc4ccc(S(=O)(=O)O)cc4n12)c(=O)n1c2cc(S(=O)(=O)O)ccc2nc31. The molecule has 12 nitrogen and oxygen atoms in total. The van der Waals surface area contributed by atoms with Crippen molar-refractivity contribution in [1.29, 1.82) is 0 Å². The van der Waals surface area contributed by atoms with Gasteiger partial charge in [-0.05, 0) is 60.7 Å². The predicted molar refractivity (Wildman–Crippen MR) is 146 cm³/mol. The highest BCUT2D eigenvalue weighted by atomic mass is 32.2. The van der Waals surface area contributed by atoms with E-state index >= 15 is 0 Å². The first kappa shape index (κ1) is 23.2. The van der Waals surface area contributed by atoms with Crippen molar-refractivity contribution in [3.8, 4) is 0 Å². The van der Waals surface area contributed by atoms with Gasteiger partial charge in [0.1, 0.15) is 11.3 Å². The Labute approximate surface area is 221 Å². The standard InChI is InChI=1S/C26H12N4O8S2/c31-25-15-6-4-14-22-16(26(32)30-20-10-12(40(36,37)38)2-8-18(20)28-24(14)30)5-3-13(21(15)22)23-27-17-7-1-11(39(33,34)35)9-19(17)29(23)25/h1-10H,(H,33,34,35)(H,36,37,38). The van der Waals surface area contributed by atoms with Gasteiger partial charge in [-0.15, -0.1) is 0 Å². The molecule has 0 aliphatic carbocycles. The van der Waals surface area contributed by atoms with Gasteiger partial charge in [-0.2, -0.15) is 16.8 Å². The molecule has 40 heavy (non-hydrogen) atoms. The summed E-state index contributed by atoms with van der Waals surface area (Å²) in [5.74, 6) is 0. The molecular weight excluding hydrogens is 560 g/mol.